The Hall–Kier alpha value is -1.45. The van der Waals surface area contributed by atoms with Gasteiger partial charge in [0.2, 0.25) is 0 Å². The number of hydrogen-bond donors (Lipinski definition) is 1. The predicted molar refractivity (Wildman–Crippen MR) is 89.4 cm³/mol. The summed E-state index contributed by atoms with van der Waals surface area (Å²) >= 11 is 1.80. The fourth-order valence-electron chi connectivity index (χ4n) is 2.39. The Balaban J connectivity index is 2.35. The normalized spacial score (nSPS) is 12.2. The average Bonchev–Trinajstić information content (AvgIpc) is 2.50. The molecule has 0 aliphatic carbocycles. The molecule has 0 saturated heterocycles. The van der Waals surface area contributed by atoms with Crippen LogP contribution in [0.2, 0.25) is 0 Å². The Morgan fingerprint density at radius 3 is 2.33 bits per heavy atom. The van der Waals surface area contributed by atoms with Crippen LogP contribution in [0.25, 0.3) is 0 Å². The molecule has 0 radical (unpaired) electrons. The molecule has 0 fully saturated rings. The molecule has 0 aliphatic heterocycles. The number of aryl methyl sites for hydroxylation is 1. The lowest BCUT2D eigenvalue weighted by atomic mass is 9.96. The first-order valence-corrected chi connectivity index (χ1v) is 8.12. The second kappa shape index (κ2) is 7.01. The Morgan fingerprint density at radius 2 is 1.76 bits per heavy atom. The second-order valence-electron chi connectivity index (χ2n) is 5.03. The molecule has 2 aromatic rings. The van der Waals surface area contributed by atoms with E-state index in [1.807, 2.05) is 38.1 Å². The maximum atomic E-state index is 10.7. The van der Waals surface area contributed by atoms with Crippen molar-refractivity contribution in [2.24, 2.45) is 0 Å². The fraction of sp³-hybridized carbons (Fsp3) is 0.333. The van der Waals surface area contributed by atoms with Gasteiger partial charge >= 0.3 is 0 Å². The first-order chi connectivity index (χ1) is 10.1. The molecule has 1 N–H and O–H groups in total. The number of ether oxygens (including phenoxy) is 1. The van der Waals surface area contributed by atoms with Gasteiger partial charge in [0.05, 0.1) is 7.11 Å². The zero-order chi connectivity index (χ0) is 15.4. The van der Waals surface area contributed by atoms with Gasteiger partial charge in [-0.05, 0) is 48.4 Å². The number of methoxy groups -OCH3 is 1. The van der Waals surface area contributed by atoms with Crippen LogP contribution in [0.4, 0.5) is 0 Å². The van der Waals surface area contributed by atoms with Crippen molar-refractivity contribution in [2.75, 3.05) is 12.9 Å². The van der Waals surface area contributed by atoms with E-state index in [0.29, 0.717) is 0 Å². The van der Waals surface area contributed by atoms with Crippen molar-refractivity contribution in [3.63, 3.8) is 0 Å². The smallest absolute Gasteiger partial charge is 0.128 e. The van der Waals surface area contributed by atoms with Crippen LogP contribution in [0.1, 0.15) is 35.3 Å². The Morgan fingerprint density at radius 1 is 1.10 bits per heavy atom. The van der Waals surface area contributed by atoms with Gasteiger partial charge in [0.1, 0.15) is 11.9 Å². The molecule has 112 valence electrons. The minimum atomic E-state index is -0.667. The first kappa shape index (κ1) is 15.9. The predicted octanol–water partition coefficient (Wildman–Crippen LogP) is 4.51. The van der Waals surface area contributed by atoms with Crippen molar-refractivity contribution in [1.29, 1.82) is 0 Å². The summed E-state index contributed by atoms with van der Waals surface area (Å²) in [6, 6.07) is 12.0. The fourth-order valence-corrected chi connectivity index (χ4v) is 3.05. The molecule has 0 heterocycles. The van der Waals surface area contributed by atoms with Gasteiger partial charge in [-0.1, -0.05) is 31.2 Å². The molecule has 21 heavy (non-hydrogen) atoms. The highest BCUT2D eigenvalue weighted by Crippen LogP contribution is 2.34. The van der Waals surface area contributed by atoms with Gasteiger partial charge in [-0.2, -0.15) is 0 Å². The number of aliphatic hydroxyl groups excluding tert-OH is 1. The maximum Gasteiger partial charge on any atom is 0.128 e. The molecule has 0 spiro atoms. The molecule has 1 unspecified atom stereocenters. The molecule has 0 aliphatic rings. The van der Waals surface area contributed by atoms with Crippen LogP contribution < -0.4 is 4.74 Å². The molecule has 2 rings (SSSR count). The van der Waals surface area contributed by atoms with E-state index >= 15 is 0 Å². The molecular weight excluding hydrogens is 280 g/mol. The third-order valence-electron chi connectivity index (χ3n) is 3.71. The highest BCUT2D eigenvalue weighted by molar-refractivity contribution is 7.99. The summed E-state index contributed by atoms with van der Waals surface area (Å²) in [6.07, 6.45) is -0.667. The number of rotatable bonds is 5. The Bertz CT molecular complexity index is 605. The van der Waals surface area contributed by atoms with Crippen LogP contribution in [0.15, 0.2) is 41.3 Å². The zero-order valence-corrected chi connectivity index (χ0v) is 13.8. The second-order valence-corrected chi connectivity index (χ2v) is 6.37. The van der Waals surface area contributed by atoms with E-state index in [1.54, 1.807) is 18.9 Å². The van der Waals surface area contributed by atoms with Crippen LogP contribution in [0.5, 0.6) is 5.75 Å². The minimum Gasteiger partial charge on any atom is -0.496 e. The van der Waals surface area contributed by atoms with Gasteiger partial charge in [0, 0.05) is 10.5 Å². The number of aliphatic hydroxyl groups is 1. The van der Waals surface area contributed by atoms with Crippen molar-refractivity contribution in [3.05, 3.63) is 58.7 Å². The molecule has 1 atom stereocenters. The Kier molecular flexibility index (Phi) is 5.32. The largest absolute Gasteiger partial charge is 0.496 e. The van der Waals surface area contributed by atoms with E-state index in [1.165, 1.54) is 4.90 Å². The number of thioether (sulfide) groups is 1. The van der Waals surface area contributed by atoms with Crippen molar-refractivity contribution < 1.29 is 9.84 Å². The standard InChI is InChI=1S/C18H22O2S/c1-5-21-15-9-7-14(8-10-15)17(19)16-11-6-12(2)13(3)18(16)20-4/h6-11,17,19H,5H2,1-4H3. The molecule has 3 heteroatoms. The quantitative estimate of drug-likeness (QED) is 0.824. The lowest BCUT2D eigenvalue weighted by Gasteiger charge is -2.18. The van der Waals surface area contributed by atoms with Gasteiger partial charge in [0.25, 0.3) is 0 Å². The van der Waals surface area contributed by atoms with Gasteiger partial charge < -0.3 is 9.84 Å². The van der Waals surface area contributed by atoms with Gasteiger partial charge in [-0.3, -0.25) is 0 Å². The highest BCUT2D eigenvalue weighted by Gasteiger charge is 2.17. The molecular formula is C18H22O2S. The average molecular weight is 302 g/mol. The monoisotopic (exact) mass is 302 g/mol. The summed E-state index contributed by atoms with van der Waals surface area (Å²) in [5, 5.41) is 10.7. The molecule has 2 aromatic carbocycles. The van der Waals surface area contributed by atoms with Crippen molar-refractivity contribution in [1.82, 2.24) is 0 Å². The van der Waals surface area contributed by atoms with Gasteiger partial charge in [-0.25, -0.2) is 0 Å². The summed E-state index contributed by atoms with van der Waals surface area (Å²) in [5.41, 5.74) is 3.94. The lowest BCUT2D eigenvalue weighted by molar-refractivity contribution is 0.214. The van der Waals surface area contributed by atoms with Crippen LogP contribution >= 0.6 is 11.8 Å². The molecule has 2 nitrogen and oxygen atoms in total. The number of hydrogen-bond acceptors (Lipinski definition) is 3. The summed E-state index contributed by atoms with van der Waals surface area (Å²) < 4.78 is 5.50. The third-order valence-corrected chi connectivity index (χ3v) is 4.61. The van der Waals surface area contributed by atoms with Crippen molar-refractivity contribution in [3.8, 4) is 5.75 Å². The van der Waals surface area contributed by atoms with E-state index in [2.05, 4.69) is 19.1 Å². The zero-order valence-electron chi connectivity index (χ0n) is 13.0. The molecule has 0 bridgehead atoms. The summed E-state index contributed by atoms with van der Waals surface area (Å²) in [6.45, 7) is 6.20. The number of benzene rings is 2. The minimum absolute atomic E-state index is 0.667. The maximum absolute atomic E-state index is 10.7. The SMILES string of the molecule is CCSc1ccc(C(O)c2ccc(C)c(C)c2OC)cc1. The topological polar surface area (TPSA) is 29.5 Å². The van der Waals surface area contributed by atoms with Crippen molar-refractivity contribution >= 4 is 11.8 Å². The van der Waals surface area contributed by atoms with Gasteiger partial charge in [0.15, 0.2) is 0 Å². The van der Waals surface area contributed by atoms with E-state index in [-0.39, 0.29) is 0 Å². The molecule has 0 amide bonds. The lowest BCUT2D eigenvalue weighted by Crippen LogP contribution is -2.04. The Labute approximate surface area is 131 Å². The van der Waals surface area contributed by atoms with Crippen LogP contribution in [0.3, 0.4) is 0 Å². The molecule has 0 aromatic heterocycles. The molecule has 0 saturated carbocycles. The van der Waals surface area contributed by atoms with E-state index in [0.717, 1.165) is 33.8 Å². The van der Waals surface area contributed by atoms with E-state index in [4.69, 9.17) is 4.74 Å². The van der Waals surface area contributed by atoms with E-state index in [9.17, 15) is 5.11 Å². The third kappa shape index (κ3) is 3.42. The van der Waals surface area contributed by atoms with Crippen LogP contribution in [-0.2, 0) is 0 Å². The summed E-state index contributed by atoms with van der Waals surface area (Å²) in [4.78, 5) is 1.22. The van der Waals surface area contributed by atoms with Crippen LogP contribution in [0, 0.1) is 13.8 Å². The summed E-state index contributed by atoms with van der Waals surface area (Å²) in [7, 11) is 1.65. The van der Waals surface area contributed by atoms with E-state index < -0.39 is 6.10 Å². The highest BCUT2D eigenvalue weighted by atomic mass is 32.2. The summed E-state index contributed by atoms with van der Waals surface area (Å²) in [5.74, 6) is 1.82. The first-order valence-electron chi connectivity index (χ1n) is 7.13. The van der Waals surface area contributed by atoms with Crippen molar-refractivity contribution in [2.45, 2.75) is 31.8 Å². The van der Waals surface area contributed by atoms with Crippen LogP contribution in [-0.4, -0.2) is 18.0 Å². The van der Waals surface area contributed by atoms with Gasteiger partial charge in [-0.15, -0.1) is 11.8 Å².